The summed E-state index contributed by atoms with van der Waals surface area (Å²) in [6.45, 7) is 2.08. The van der Waals surface area contributed by atoms with Crippen LogP contribution in [0.1, 0.15) is 6.42 Å². The molecule has 0 aromatic carbocycles. The van der Waals surface area contributed by atoms with Crippen LogP contribution < -0.4 is 5.32 Å². The standard InChI is InChI=1S/C10H14N2O4/c13-9-6-12(3-1-2-11-9)10(14)8-7-15-4-5-16-8/h7H,1-6H2,(H,11,13). The Morgan fingerprint density at radius 1 is 1.44 bits per heavy atom. The van der Waals surface area contributed by atoms with E-state index in [2.05, 4.69) is 5.32 Å². The molecule has 1 N–H and O–H groups in total. The third kappa shape index (κ3) is 2.44. The minimum atomic E-state index is -0.281. The lowest BCUT2D eigenvalue weighted by Crippen LogP contribution is -2.39. The first-order valence-electron chi connectivity index (χ1n) is 5.28. The van der Waals surface area contributed by atoms with E-state index in [4.69, 9.17) is 9.47 Å². The Bertz CT molecular complexity index is 327. The summed E-state index contributed by atoms with van der Waals surface area (Å²) in [7, 11) is 0. The van der Waals surface area contributed by atoms with Crippen molar-refractivity contribution in [3.8, 4) is 0 Å². The quantitative estimate of drug-likeness (QED) is 0.637. The van der Waals surface area contributed by atoms with Crippen LogP contribution in [-0.4, -0.2) is 49.6 Å². The van der Waals surface area contributed by atoms with Gasteiger partial charge in [-0.25, -0.2) is 0 Å². The van der Waals surface area contributed by atoms with Gasteiger partial charge in [0.2, 0.25) is 11.7 Å². The first-order valence-corrected chi connectivity index (χ1v) is 5.28. The van der Waals surface area contributed by atoms with Gasteiger partial charge in [0, 0.05) is 13.1 Å². The Hall–Kier alpha value is -1.72. The van der Waals surface area contributed by atoms with Crippen molar-refractivity contribution in [1.82, 2.24) is 10.2 Å². The van der Waals surface area contributed by atoms with Gasteiger partial charge in [0.1, 0.15) is 19.5 Å². The minimum Gasteiger partial charge on any atom is -0.494 e. The fourth-order valence-electron chi connectivity index (χ4n) is 1.62. The fourth-order valence-corrected chi connectivity index (χ4v) is 1.62. The van der Waals surface area contributed by atoms with E-state index in [1.165, 1.54) is 11.2 Å². The molecule has 2 aliphatic rings. The third-order valence-corrected chi connectivity index (χ3v) is 2.41. The zero-order valence-corrected chi connectivity index (χ0v) is 8.90. The number of carbonyl (C=O) groups is 2. The zero-order valence-electron chi connectivity index (χ0n) is 8.90. The summed E-state index contributed by atoms with van der Waals surface area (Å²) in [5, 5.41) is 2.71. The Labute approximate surface area is 93.2 Å². The van der Waals surface area contributed by atoms with E-state index in [9.17, 15) is 9.59 Å². The summed E-state index contributed by atoms with van der Waals surface area (Å²) < 4.78 is 10.2. The maximum atomic E-state index is 11.9. The van der Waals surface area contributed by atoms with Gasteiger partial charge in [-0.15, -0.1) is 0 Å². The second-order valence-corrected chi connectivity index (χ2v) is 3.63. The lowest BCUT2D eigenvalue weighted by molar-refractivity contribution is -0.136. The Morgan fingerprint density at radius 2 is 2.31 bits per heavy atom. The lowest BCUT2D eigenvalue weighted by Gasteiger charge is -2.22. The number of hydrogen-bond donors (Lipinski definition) is 1. The maximum absolute atomic E-state index is 11.9. The van der Waals surface area contributed by atoms with E-state index in [1.807, 2.05) is 0 Å². The van der Waals surface area contributed by atoms with Gasteiger partial charge in [-0.2, -0.15) is 0 Å². The highest BCUT2D eigenvalue weighted by Crippen LogP contribution is 2.09. The molecule has 2 heterocycles. The van der Waals surface area contributed by atoms with Crippen LogP contribution in [0.15, 0.2) is 12.0 Å². The molecule has 6 heteroatoms. The third-order valence-electron chi connectivity index (χ3n) is 2.41. The molecule has 0 bridgehead atoms. The molecule has 0 unspecified atom stereocenters. The molecule has 0 saturated carbocycles. The van der Waals surface area contributed by atoms with Crippen LogP contribution >= 0.6 is 0 Å². The molecular weight excluding hydrogens is 212 g/mol. The molecule has 16 heavy (non-hydrogen) atoms. The number of carbonyl (C=O) groups excluding carboxylic acids is 2. The van der Waals surface area contributed by atoms with Crippen molar-refractivity contribution in [2.45, 2.75) is 6.42 Å². The highest BCUT2D eigenvalue weighted by Gasteiger charge is 2.25. The Morgan fingerprint density at radius 3 is 3.06 bits per heavy atom. The van der Waals surface area contributed by atoms with Crippen molar-refractivity contribution in [1.29, 1.82) is 0 Å². The number of hydrogen-bond acceptors (Lipinski definition) is 4. The van der Waals surface area contributed by atoms with E-state index < -0.39 is 0 Å². The smallest absolute Gasteiger partial charge is 0.292 e. The molecule has 0 aromatic rings. The highest BCUT2D eigenvalue weighted by atomic mass is 16.6. The van der Waals surface area contributed by atoms with Gasteiger partial charge in [-0.1, -0.05) is 0 Å². The van der Waals surface area contributed by atoms with Crippen molar-refractivity contribution >= 4 is 11.8 Å². The largest absolute Gasteiger partial charge is 0.494 e. The molecule has 0 spiro atoms. The van der Waals surface area contributed by atoms with E-state index in [1.54, 1.807) is 0 Å². The summed E-state index contributed by atoms with van der Waals surface area (Å²) in [6.07, 6.45) is 2.07. The number of amides is 2. The topological polar surface area (TPSA) is 67.9 Å². The van der Waals surface area contributed by atoms with Crippen LogP contribution in [-0.2, 0) is 19.1 Å². The first-order chi connectivity index (χ1) is 7.77. The van der Waals surface area contributed by atoms with E-state index in [0.29, 0.717) is 26.3 Å². The molecule has 1 saturated heterocycles. The predicted octanol–water partition coefficient (Wildman–Crippen LogP) is -0.777. The Balaban J connectivity index is 2.02. The molecule has 0 radical (unpaired) electrons. The van der Waals surface area contributed by atoms with Gasteiger partial charge in [0.15, 0.2) is 0 Å². The zero-order chi connectivity index (χ0) is 11.4. The van der Waals surface area contributed by atoms with E-state index >= 15 is 0 Å². The molecule has 2 rings (SSSR count). The summed E-state index contributed by atoms with van der Waals surface area (Å²) in [5.74, 6) is -0.235. The van der Waals surface area contributed by atoms with Crippen molar-refractivity contribution in [3.63, 3.8) is 0 Å². The van der Waals surface area contributed by atoms with Crippen molar-refractivity contribution in [2.24, 2.45) is 0 Å². The van der Waals surface area contributed by atoms with Crippen LogP contribution in [0.5, 0.6) is 0 Å². The molecule has 2 amide bonds. The second kappa shape index (κ2) is 4.87. The number of nitrogens with one attached hydrogen (secondary N) is 1. The van der Waals surface area contributed by atoms with Crippen LogP contribution in [0.2, 0.25) is 0 Å². The first kappa shape index (κ1) is 10.8. The molecule has 0 aliphatic carbocycles. The molecular formula is C10H14N2O4. The van der Waals surface area contributed by atoms with Crippen LogP contribution in [0.25, 0.3) is 0 Å². The molecule has 0 atom stereocenters. The average molecular weight is 226 g/mol. The van der Waals surface area contributed by atoms with Gasteiger partial charge in [0.25, 0.3) is 5.91 Å². The predicted molar refractivity (Wildman–Crippen MR) is 54.2 cm³/mol. The van der Waals surface area contributed by atoms with Gasteiger partial charge in [-0.3, -0.25) is 9.59 Å². The number of ether oxygens (including phenoxy) is 2. The monoisotopic (exact) mass is 226 g/mol. The van der Waals surface area contributed by atoms with Gasteiger partial charge in [0.05, 0.1) is 6.54 Å². The van der Waals surface area contributed by atoms with Crippen LogP contribution in [0.3, 0.4) is 0 Å². The van der Waals surface area contributed by atoms with Crippen molar-refractivity contribution < 1.29 is 19.1 Å². The number of rotatable bonds is 1. The van der Waals surface area contributed by atoms with E-state index in [-0.39, 0.29) is 24.1 Å². The summed E-state index contributed by atoms with van der Waals surface area (Å²) in [6, 6.07) is 0. The SMILES string of the molecule is O=C1CN(C(=O)C2=COCCO2)CCCN1. The highest BCUT2D eigenvalue weighted by molar-refractivity contribution is 5.94. The molecule has 6 nitrogen and oxygen atoms in total. The molecule has 1 fully saturated rings. The molecule has 88 valence electrons. The van der Waals surface area contributed by atoms with Crippen molar-refractivity contribution in [3.05, 3.63) is 12.0 Å². The second-order valence-electron chi connectivity index (χ2n) is 3.63. The van der Waals surface area contributed by atoms with Crippen molar-refractivity contribution in [2.75, 3.05) is 32.8 Å². The van der Waals surface area contributed by atoms with Crippen LogP contribution in [0, 0.1) is 0 Å². The summed E-state index contributed by atoms with van der Waals surface area (Å²) in [4.78, 5) is 24.7. The molecule has 0 aromatic heterocycles. The maximum Gasteiger partial charge on any atom is 0.292 e. The van der Waals surface area contributed by atoms with Gasteiger partial charge < -0.3 is 19.7 Å². The molecule has 2 aliphatic heterocycles. The number of nitrogens with zero attached hydrogens (tertiary/aromatic N) is 1. The van der Waals surface area contributed by atoms with Gasteiger partial charge >= 0.3 is 0 Å². The normalized spacial score (nSPS) is 21.1. The fraction of sp³-hybridized carbons (Fsp3) is 0.600. The Kier molecular flexibility index (Phi) is 3.28. The summed E-state index contributed by atoms with van der Waals surface area (Å²) in [5.41, 5.74) is 0. The van der Waals surface area contributed by atoms with Crippen LogP contribution in [0.4, 0.5) is 0 Å². The van der Waals surface area contributed by atoms with Gasteiger partial charge in [-0.05, 0) is 6.42 Å². The van der Waals surface area contributed by atoms with E-state index in [0.717, 1.165) is 6.42 Å². The average Bonchev–Trinajstić information content (AvgIpc) is 2.54. The summed E-state index contributed by atoms with van der Waals surface area (Å²) >= 11 is 0. The lowest BCUT2D eigenvalue weighted by atomic mass is 10.3. The minimum absolute atomic E-state index is 0.0829.